The third-order valence-electron chi connectivity index (χ3n) is 3.13. The summed E-state index contributed by atoms with van der Waals surface area (Å²) in [5, 5.41) is 0. The van der Waals surface area contributed by atoms with Crippen LogP contribution in [0.25, 0.3) is 0 Å². The van der Waals surface area contributed by atoms with Crippen LogP contribution in [0, 0.1) is 5.92 Å². The van der Waals surface area contributed by atoms with Crippen LogP contribution in [0.1, 0.15) is 38.3 Å². The quantitative estimate of drug-likeness (QED) is 0.768. The molecule has 1 aliphatic rings. The van der Waals surface area contributed by atoms with Gasteiger partial charge in [-0.1, -0.05) is 44.2 Å². The van der Waals surface area contributed by atoms with Gasteiger partial charge in [0.2, 0.25) is 0 Å². The highest BCUT2D eigenvalue weighted by Crippen LogP contribution is 2.34. The van der Waals surface area contributed by atoms with E-state index in [-0.39, 0.29) is 0 Å². The molecule has 0 N–H and O–H groups in total. The molecule has 1 aromatic rings. The molecule has 1 fully saturated rings. The first-order valence-electron chi connectivity index (χ1n) is 6.38. The minimum absolute atomic E-state index is 0.357. The first-order chi connectivity index (χ1) is 8.18. The molecular weight excluding hydrogens is 230 g/mol. The second-order valence-electron chi connectivity index (χ2n) is 5.09. The second-order valence-corrected chi connectivity index (χ2v) is 6.54. The van der Waals surface area contributed by atoms with Crippen molar-refractivity contribution in [3.63, 3.8) is 0 Å². The first kappa shape index (κ1) is 12.9. The molecule has 94 valence electrons. The van der Waals surface area contributed by atoms with Crippen LogP contribution in [0.4, 0.5) is 0 Å². The van der Waals surface area contributed by atoms with Crippen molar-refractivity contribution in [3.8, 4) is 0 Å². The normalized spacial score (nSPS) is 23.2. The highest BCUT2D eigenvalue weighted by Gasteiger charge is 2.34. The van der Waals surface area contributed by atoms with Crippen LogP contribution in [-0.4, -0.2) is 21.2 Å². The largest absolute Gasteiger partial charge is 0.598 e. The van der Waals surface area contributed by atoms with E-state index in [1.165, 1.54) is 5.56 Å². The van der Waals surface area contributed by atoms with Crippen LogP contribution < -0.4 is 0 Å². The van der Waals surface area contributed by atoms with E-state index >= 15 is 0 Å². The van der Waals surface area contributed by atoms with E-state index in [2.05, 4.69) is 42.4 Å². The summed E-state index contributed by atoms with van der Waals surface area (Å²) in [6, 6.07) is 10.8. The van der Waals surface area contributed by atoms with Gasteiger partial charge in [-0.3, -0.25) is 0 Å². The Morgan fingerprint density at radius 1 is 1.35 bits per heavy atom. The molecule has 1 saturated heterocycles. The first-order valence-corrected chi connectivity index (χ1v) is 7.66. The van der Waals surface area contributed by atoms with Gasteiger partial charge < -0.3 is 4.55 Å². The fourth-order valence-electron chi connectivity index (χ4n) is 2.37. The van der Waals surface area contributed by atoms with E-state index in [0.29, 0.717) is 12.0 Å². The van der Waals surface area contributed by atoms with E-state index in [1.807, 2.05) is 6.07 Å². The molecule has 2 atom stereocenters. The van der Waals surface area contributed by atoms with Gasteiger partial charge in [0.25, 0.3) is 0 Å². The van der Waals surface area contributed by atoms with Crippen LogP contribution >= 0.6 is 0 Å². The third-order valence-corrected chi connectivity index (χ3v) is 5.04. The molecule has 1 aliphatic heterocycles. The van der Waals surface area contributed by atoms with E-state index in [1.54, 1.807) is 0 Å². The molecule has 2 rings (SSSR count). The molecule has 1 unspecified atom stereocenters. The van der Waals surface area contributed by atoms with Gasteiger partial charge >= 0.3 is 0 Å². The lowest BCUT2D eigenvalue weighted by Crippen LogP contribution is -2.34. The number of hydrogen-bond acceptors (Lipinski definition) is 2. The smallest absolute Gasteiger partial charge is 0.128 e. The average molecular weight is 251 g/mol. The van der Waals surface area contributed by atoms with Gasteiger partial charge in [0.05, 0.1) is 6.04 Å². The van der Waals surface area contributed by atoms with Crippen LogP contribution in [0.5, 0.6) is 0 Å². The summed E-state index contributed by atoms with van der Waals surface area (Å²) in [6.07, 6.45) is 2.29. The fraction of sp³-hybridized carbons (Fsp3) is 0.571. The van der Waals surface area contributed by atoms with Crippen molar-refractivity contribution in [1.82, 2.24) is 4.31 Å². The Hall–Kier alpha value is -0.510. The van der Waals surface area contributed by atoms with E-state index < -0.39 is 11.4 Å². The standard InChI is InChI=1S/C14H21NOS/c1-12(2)11-17(16)15-10-6-9-14(15)13-7-4-3-5-8-13/h3-5,7-8,12,14H,6,9-11H2,1-2H3/t14-,17?/m1/s1. The highest BCUT2D eigenvalue weighted by molar-refractivity contribution is 7.89. The van der Waals surface area contributed by atoms with Gasteiger partial charge in [-0.15, -0.1) is 4.31 Å². The number of nitrogens with zero attached hydrogens (tertiary/aromatic N) is 1. The molecule has 0 saturated carbocycles. The molecule has 0 spiro atoms. The van der Waals surface area contributed by atoms with Crippen molar-refractivity contribution in [1.29, 1.82) is 0 Å². The third kappa shape index (κ3) is 3.24. The molecular formula is C14H21NOS. The Bertz CT molecular complexity index is 341. The molecule has 0 aliphatic carbocycles. The van der Waals surface area contributed by atoms with Crippen LogP contribution in [0.15, 0.2) is 30.3 Å². The molecule has 17 heavy (non-hydrogen) atoms. The Morgan fingerprint density at radius 2 is 2.06 bits per heavy atom. The maximum absolute atomic E-state index is 12.3. The lowest BCUT2D eigenvalue weighted by Gasteiger charge is -2.27. The van der Waals surface area contributed by atoms with E-state index in [4.69, 9.17) is 0 Å². The highest BCUT2D eigenvalue weighted by atomic mass is 32.2. The van der Waals surface area contributed by atoms with Gasteiger partial charge in [0, 0.05) is 17.9 Å². The van der Waals surface area contributed by atoms with Crippen LogP contribution in [0.2, 0.25) is 0 Å². The monoisotopic (exact) mass is 251 g/mol. The second kappa shape index (κ2) is 5.89. The van der Waals surface area contributed by atoms with Crippen LogP contribution in [-0.2, 0) is 11.4 Å². The van der Waals surface area contributed by atoms with Crippen LogP contribution in [0.3, 0.4) is 0 Å². The summed E-state index contributed by atoms with van der Waals surface area (Å²) < 4.78 is 14.5. The summed E-state index contributed by atoms with van der Waals surface area (Å²) in [5.74, 6) is 1.27. The molecule has 2 nitrogen and oxygen atoms in total. The zero-order valence-electron chi connectivity index (χ0n) is 10.6. The number of benzene rings is 1. The maximum Gasteiger partial charge on any atom is 0.128 e. The van der Waals surface area contributed by atoms with Crippen molar-refractivity contribution < 1.29 is 4.55 Å². The predicted octanol–water partition coefficient (Wildman–Crippen LogP) is 3.14. The van der Waals surface area contributed by atoms with Gasteiger partial charge in [0.1, 0.15) is 5.75 Å². The zero-order valence-corrected chi connectivity index (χ0v) is 11.5. The SMILES string of the molecule is CC(C)C[S+]([O-])N1CCC[C@@H]1c1ccccc1. The lowest BCUT2D eigenvalue weighted by molar-refractivity contribution is 0.393. The Labute approximate surface area is 107 Å². The minimum atomic E-state index is -0.823. The average Bonchev–Trinajstić information content (AvgIpc) is 2.78. The van der Waals surface area contributed by atoms with Crippen molar-refractivity contribution in [2.45, 2.75) is 32.7 Å². The van der Waals surface area contributed by atoms with E-state index in [9.17, 15) is 4.55 Å². The summed E-state index contributed by atoms with van der Waals surface area (Å²) in [4.78, 5) is 0. The summed E-state index contributed by atoms with van der Waals surface area (Å²) in [5.41, 5.74) is 1.31. The van der Waals surface area contributed by atoms with E-state index in [0.717, 1.165) is 25.1 Å². The van der Waals surface area contributed by atoms with Gasteiger partial charge in [-0.05, 0) is 24.3 Å². The molecule has 3 heteroatoms. The maximum atomic E-state index is 12.3. The molecule has 1 aromatic carbocycles. The Balaban J connectivity index is 2.07. The summed E-state index contributed by atoms with van der Waals surface area (Å²) in [7, 11) is 0. The molecule has 0 amide bonds. The Morgan fingerprint density at radius 3 is 2.71 bits per heavy atom. The van der Waals surface area contributed by atoms with Crippen molar-refractivity contribution in [3.05, 3.63) is 35.9 Å². The fourth-order valence-corrected chi connectivity index (χ4v) is 3.98. The van der Waals surface area contributed by atoms with Gasteiger partial charge in [-0.25, -0.2) is 0 Å². The molecule has 0 bridgehead atoms. The van der Waals surface area contributed by atoms with Gasteiger partial charge in [0.15, 0.2) is 0 Å². The topological polar surface area (TPSA) is 26.3 Å². The molecule has 1 heterocycles. The Kier molecular flexibility index (Phi) is 4.48. The van der Waals surface area contributed by atoms with Gasteiger partial charge in [-0.2, -0.15) is 0 Å². The van der Waals surface area contributed by atoms with Crippen molar-refractivity contribution in [2.75, 3.05) is 12.3 Å². The molecule has 0 radical (unpaired) electrons. The number of hydrogen-bond donors (Lipinski definition) is 0. The number of rotatable bonds is 4. The predicted molar refractivity (Wildman–Crippen MR) is 73.0 cm³/mol. The summed E-state index contributed by atoms with van der Waals surface area (Å²) in [6.45, 7) is 5.23. The van der Waals surface area contributed by atoms with Crippen molar-refractivity contribution >= 4 is 11.4 Å². The van der Waals surface area contributed by atoms with Crippen molar-refractivity contribution in [2.24, 2.45) is 5.92 Å². The summed E-state index contributed by atoms with van der Waals surface area (Å²) >= 11 is -0.823. The molecule has 0 aromatic heterocycles. The zero-order chi connectivity index (χ0) is 12.3. The minimum Gasteiger partial charge on any atom is -0.598 e. The lowest BCUT2D eigenvalue weighted by atomic mass is 10.1.